The Balaban J connectivity index is 2.75. The van der Waals surface area contributed by atoms with Crippen molar-refractivity contribution in [3.63, 3.8) is 0 Å². The third-order valence-corrected chi connectivity index (χ3v) is 3.16. The second-order valence-corrected chi connectivity index (χ2v) is 4.56. The van der Waals surface area contributed by atoms with Crippen LogP contribution in [0.25, 0.3) is 0 Å². The van der Waals surface area contributed by atoms with Gasteiger partial charge in [0.15, 0.2) is 0 Å². The van der Waals surface area contributed by atoms with Crippen LogP contribution in [0.4, 0.5) is 4.79 Å². The number of nitrogens with one attached hydrogen (secondary N) is 1. The molecule has 6 heteroatoms. The van der Waals surface area contributed by atoms with Gasteiger partial charge in [0.1, 0.15) is 5.54 Å². The Labute approximate surface area is 113 Å². The fourth-order valence-electron chi connectivity index (χ4n) is 2.03. The summed E-state index contributed by atoms with van der Waals surface area (Å²) in [5.41, 5.74) is -1.24. The highest BCUT2D eigenvalue weighted by molar-refractivity contribution is 5.86. The van der Waals surface area contributed by atoms with Gasteiger partial charge in [-0.05, 0) is 6.42 Å². The molecule has 0 bridgehead atoms. The van der Waals surface area contributed by atoms with Gasteiger partial charge in [-0.2, -0.15) is 0 Å². The summed E-state index contributed by atoms with van der Waals surface area (Å²) in [4.78, 5) is 25.0. The summed E-state index contributed by atoms with van der Waals surface area (Å²) in [7, 11) is 0. The lowest BCUT2D eigenvalue weighted by Crippen LogP contribution is -2.60. The molecular formula is C13H20N2O4. The topological polar surface area (TPSA) is 78.9 Å². The minimum atomic E-state index is -1.24. The molecule has 1 heterocycles. The van der Waals surface area contributed by atoms with Gasteiger partial charge in [0, 0.05) is 32.6 Å². The number of urea groups is 1. The molecule has 0 radical (unpaired) electrons. The Morgan fingerprint density at radius 1 is 1.47 bits per heavy atom. The van der Waals surface area contributed by atoms with E-state index in [0.29, 0.717) is 19.8 Å². The van der Waals surface area contributed by atoms with E-state index >= 15 is 0 Å². The highest BCUT2D eigenvalue weighted by atomic mass is 16.5. The minimum Gasteiger partial charge on any atom is -0.480 e. The van der Waals surface area contributed by atoms with Gasteiger partial charge in [-0.15, -0.1) is 6.42 Å². The van der Waals surface area contributed by atoms with Crippen molar-refractivity contribution < 1.29 is 19.4 Å². The van der Waals surface area contributed by atoms with Crippen molar-refractivity contribution >= 4 is 12.0 Å². The van der Waals surface area contributed by atoms with E-state index in [1.165, 1.54) is 4.90 Å². The summed E-state index contributed by atoms with van der Waals surface area (Å²) in [5, 5.41) is 12.0. The lowest BCUT2D eigenvalue weighted by molar-refractivity contribution is -0.148. The van der Waals surface area contributed by atoms with Gasteiger partial charge in [0.05, 0.1) is 6.54 Å². The normalized spacial score (nSPS) is 17.3. The van der Waals surface area contributed by atoms with Crippen LogP contribution in [0.3, 0.4) is 0 Å². The number of nitrogens with zero attached hydrogens (tertiary/aromatic N) is 1. The molecule has 19 heavy (non-hydrogen) atoms. The van der Waals surface area contributed by atoms with Crippen LogP contribution in [-0.4, -0.2) is 53.8 Å². The fourth-order valence-corrected chi connectivity index (χ4v) is 2.03. The van der Waals surface area contributed by atoms with Crippen LogP contribution in [0.1, 0.15) is 26.2 Å². The predicted molar refractivity (Wildman–Crippen MR) is 69.6 cm³/mol. The Kier molecular flexibility index (Phi) is 5.64. The predicted octanol–water partition coefficient (Wildman–Crippen LogP) is 0.675. The second kappa shape index (κ2) is 7.00. The summed E-state index contributed by atoms with van der Waals surface area (Å²) in [5.74, 6) is 1.38. The third kappa shape index (κ3) is 3.86. The van der Waals surface area contributed by atoms with Crippen molar-refractivity contribution in [2.24, 2.45) is 0 Å². The number of carboxylic acids is 1. The quantitative estimate of drug-likeness (QED) is 0.718. The van der Waals surface area contributed by atoms with Crippen molar-refractivity contribution in [1.82, 2.24) is 10.2 Å². The van der Waals surface area contributed by atoms with Crippen molar-refractivity contribution in [1.29, 1.82) is 0 Å². The summed E-state index contributed by atoms with van der Waals surface area (Å²) in [6, 6.07) is -0.427. The number of rotatable bonds is 5. The zero-order chi connectivity index (χ0) is 14.3. The molecule has 1 fully saturated rings. The van der Waals surface area contributed by atoms with Crippen LogP contribution < -0.4 is 5.32 Å². The minimum absolute atomic E-state index is 0.172. The molecule has 1 saturated heterocycles. The van der Waals surface area contributed by atoms with Crippen molar-refractivity contribution in [2.75, 3.05) is 26.3 Å². The maximum absolute atomic E-state index is 12.1. The molecular weight excluding hydrogens is 248 g/mol. The van der Waals surface area contributed by atoms with Crippen LogP contribution in [0.15, 0.2) is 0 Å². The monoisotopic (exact) mass is 268 g/mol. The van der Waals surface area contributed by atoms with Crippen molar-refractivity contribution in [3.8, 4) is 12.3 Å². The van der Waals surface area contributed by atoms with E-state index < -0.39 is 17.5 Å². The lowest BCUT2D eigenvalue weighted by atomic mass is 9.90. The Morgan fingerprint density at radius 3 is 2.58 bits per heavy atom. The molecule has 2 N–H and O–H groups in total. The number of carbonyl (C=O) groups is 2. The molecule has 0 saturated carbocycles. The smallest absolute Gasteiger partial charge is 0.329 e. The molecule has 1 aliphatic heterocycles. The molecule has 0 aromatic heterocycles. The van der Waals surface area contributed by atoms with Gasteiger partial charge in [0.25, 0.3) is 0 Å². The lowest BCUT2D eigenvalue weighted by Gasteiger charge is -2.35. The first-order valence-electron chi connectivity index (χ1n) is 6.37. The first-order chi connectivity index (χ1) is 9.05. The van der Waals surface area contributed by atoms with Crippen LogP contribution in [-0.2, 0) is 9.53 Å². The van der Waals surface area contributed by atoms with Crippen LogP contribution in [0.2, 0.25) is 0 Å². The number of amides is 2. The average molecular weight is 268 g/mol. The first kappa shape index (κ1) is 15.3. The van der Waals surface area contributed by atoms with E-state index in [0.717, 1.165) is 6.42 Å². The highest BCUT2D eigenvalue weighted by Gasteiger charge is 2.42. The third-order valence-electron chi connectivity index (χ3n) is 3.16. The van der Waals surface area contributed by atoms with Gasteiger partial charge in [-0.3, -0.25) is 0 Å². The van der Waals surface area contributed by atoms with Crippen LogP contribution in [0, 0.1) is 12.3 Å². The van der Waals surface area contributed by atoms with Crippen LogP contribution >= 0.6 is 0 Å². The molecule has 1 aliphatic rings. The Morgan fingerprint density at radius 2 is 2.11 bits per heavy atom. The summed E-state index contributed by atoms with van der Waals surface area (Å²) < 4.78 is 5.15. The molecule has 0 atom stereocenters. The molecule has 0 aromatic carbocycles. The number of carbonyl (C=O) groups excluding carboxylic acids is 1. The summed E-state index contributed by atoms with van der Waals surface area (Å²) >= 11 is 0. The van der Waals surface area contributed by atoms with Gasteiger partial charge < -0.3 is 20.1 Å². The van der Waals surface area contributed by atoms with E-state index in [1.54, 1.807) is 0 Å². The van der Waals surface area contributed by atoms with Crippen LogP contribution in [0.5, 0.6) is 0 Å². The molecule has 106 valence electrons. The largest absolute Gasteiger partial charge is 0.480 e. The zero-order valence-electron chi connectivity index (χ0n) is 11.1. The molecule has 2 amide bonds. The average Bonchev–Trinajstić information content (AvgIpc) is 2.39. The van der Waals surface area contributed by atoms with E-state index in [-0.39, 0.29) is 19.4 Å². The molecule has 0 spiro atoms. The summed E-state index contributed by atoms with van der Waals surface area (Å²) in [6.07, 6.45) is 6.51. The Hall–Kier alpha value is -1.74. The van der Waals surface area contributed by atoms with Crippen molar-refractivity contribution in [3.05, 3.63) is 0 Å². The van der Waals surface area contributed by atoms with E-state index in [1.807, 2.05) is 6.92 Å². The van der Waals surface area contributed by atoms with Crippen molar-refractivity contribution in [2.45, 2.75) is 31.7 Å². The van der Waals surface area contributed by atoms with E-state index in [4.69, 9.17) is 11.2 Å². The number of hydrogen-bond donors (Lipinski definition) is 2. The molecule has 0 aliphatic carbocycles. The van der Waals surface area contributed by atoms with E-state index in [2.05, 4.69) is 11.2 Å². The Bertz CT molecular complexity index is 369. The standard InChI is InChI=1S/C13H20N2O4/c1-3-7-15(8-4-2)12(18)14-13(11(16)17)5-9-19-10-6-13/h1H,4-10H2,2H3,(H,14,18)(H,16,17). The van der Waals surface area contributed by atoms with Gasteiger partial charge in [0.2, 0.25) is 0 Å². The second-order valence-electron chi connectivity index (χ2n) is 4.56. The number of carboxylic acid groups (broad SMARTS) is 1. The maximum Gasteiger partial charge on any atom is 0.329 e. The zero-order valence-corrected chi connectivity index (χ0v) is 11.1. The van der Waals surface area contributed by atoms with E-state index in [9.17, 15) is 14.7 Å². The van der Waals surface area contributed by atoms with Gasteiger partial charge in [-0.1, -0.05) is 12.8 Å². The highest BCUT2D eigenvalue weighted by Crippen LogP contribution is 2.21. The molecule has 0 unspecified atom stereocenters. The SMILES string of the molecule is C#CCN(CCC)C(=O)NC1(C(=O)O)CCOCC1. The molecule has 1 rings (SSSR count). The molecule has 6 nitrogen and oxygen atoms in total. The van der Waals surface area contributed by atoms with Gasteiger partial charge >= 0.3 is 12.0 Å². The number of aliphatic carboxylic acids is 1. The maximum atomic E-state index is 12.1. The number of hydrogen-bond acceptors (Lipinski definition) is 3. The molecule has 0 aromatic rings. The summed E-state index contributed by atoms with van der Waals surface area (Å²) in [6.45, 7) is 3.26. The number of ether oxygens (including phenoxy) is 1. The fraction of sp³-hybridized carbons (Fsp3) is 0.692. The first-order valence-corrected chi connectivity index (χ1v) is 6.37. The number of terminal acetylenes is 1. The van der Waals surface area contributed by atoms with Gasteiger partial charge in [-0.25, -0.2) is 9.59 Å².